The molecule has 0 amide bonds. The molecule has 0 saturated carbocycles. The maximum atomic E-state index is 8.83. The maximum absolute atomic E-state index is 8.83. The van der Waals surface area contributed by atoms with Crippen molar-refractivity contribution in [1.29, 1.82) is 0 Å². The maximum Gasteiger partial charge on any atom is 0.0471 e. The largest absolute Gasteiger partial charge is 0.396 e. The fourth-order valence-electron chi connectivity index (χ4n) is 1.58. The minimum Gasteiger partial charge on any atom is -0.396 e. The first kappa shape index (κ1) is 11.2. The van der Waals surface area contributed by atoms with E-state index in [1.807, 2.05) is 0 Å². The summed E-state index contributed by atoms with van der Waals surface area (Å²) in [5.41, 5.74) is 0. The van der Waals surface area contributed by atoms with Crippen molar-refractivity contribution in [3.05, 3.63) is 0 Å². The summed E-state index contributed by atoms with van der Waals surface area (Å²) >= 11 is 0. The number of nitrogens with zero attached hydrogens (tertiary/aromatic N) is 1. The van der Waals surface area contributed by atoms with Crippen molar-refractivity contribution in [3.8, 4) is 0 Å². The average molecular weight is 180 g/mol. The quantitative estimate of drug-likeness (QED) is 0.703. The summed E-state index contributed by atoms with van der Waals surface area (Å²) in [5.74, 6) is 0.562. The van der Waals surface area contributed by atoms with Gasteiger partial charge >= 0.3 is 0 Å². The molecular formula is C8H18ClNO. The zero-order valence-corrected chi connectivity index (χ0v) is 7.94. The number of aliphatic hydroxyl groups is 1. The third kappa shape index (κ3) is 3.41. The Morgan fingerprint density at radius 1 is 1.55 bits per heavy atom. The third-order valence-corrected chi connectivity index (χ3v) is 2.17. The molecule has 1 atom stereocenters. The normalized spacial score (nSPS) is 25.1. The first-order chi connectivity index (χ1) is 4.86. The summed E-state index contributed by atoms with van der Waals surface area (Å²) < 4.78 is 0. The van der Waals surface area contributed by atoms with Crippen LogP contribution in [0.4, 0.5) is 0 Å². The Kier molecular flexibility index (Phi) is 5.92. The van der Waals surface area contributed by atoms with E-state index in [2.05, 4.69) is 11.8 Å². The molecule has 0 aromatic carbocycles. The van der Waals surface area contributed by atoms with Gasteiger partial charge in [-0.1, -0.05) is 6.92 Å². The van der Waals surface area contributed by atoms with Gasteiger partial charge in [0.05, 0.1) is 0 Å². The molecule has 11 heavy (non-hydrogen) atoms. The summed E-state index contributed by atoms with van der Waals surface area (Å²) in [6, 6.07) is 0. The molecule has 1 fully saturated rings. The van der Waals surface area contributed by atoms with Crippen LogP contribution in [-0.2, 0) is 0 Å². The minimum atomic E-state index is 0. The highest BCUT2D eigenvalue weighted by Crippen LogP contribution is 2.14. The van der Waals surface area contributed by atoms with Gasteiger partial charge in [0, 0.05) is 13.2 Å². The molecular weight excluding hydrogens is 162 g/mol. The SMILES string of the molecule is CCCN1CCC(CO)C1.Cl. The summed E-state index contributed by atoms with van der Waals surface area (Å²) in [6.45, 7) is 6.09. The van der Waals surface area contributed by atoms with Gasteiger partial charge in [0.1, 0.15) is 0 Å². The zero-order valence-electron chi connectivity index (χ0n) is 7.12. The Morgan fingerprint density at radius 2 is 2.27 bits per heavy atom. The van der Waals surface area contributed by atoms with Gasteiger partial charge in [0.2, 0.25) is 0 Å². The molecule has 3 heteroatoms. The second-order valence-corrected chi connectivity index (χ2v) is 3.14. The molecule has 1 aliphatic heterocycles. The Labute approximate surface area is 75.0 Å². The van der Waals surface area contributed by atoms with E-state index >= 15 is 0 Å². The van der Waals surface area contributed by atoms with Gasteiger partial charge in [-0.25, -0.2) is 0 Å². The molecule has 1 rings (SSSR count). The minimum absolute atomic E-state index is 0. The number of halogens is 1. The van der Waals surface area contributed by atoms with E-state index in [-0.39, 0.29) is 12.4 Å². The molecule has 0 aromatic rings. The molecule has 1 N–H and O–H groups in total. The molecule has 68 valence electrons. The smallest absolute Gasteiger partial charge is 0.0471 e. The van der Waals surface area contributed by atoms with Gasteiger partial charge < -0.3 is 10.0 Å². The Morgan fingerprint density at radius 3 is 2.73 bits per heavy atom. The van der Waals surface area contributed by atoms with Crippen molar-refractivity contribution in [3.63, 3.8) is 0 Å². The number of likely N-dealkylation sites (tertiary alicyclic amines) is 1. The number of aliphatic hydroxyl groups excluding tert-OH is 1. The fraction of sp³-hybridized carbons (Fsp3) is 1.00. The van der Waals surface area contributed by atoms with Crippen molar-refractivity contribution in [2.75, 3.05) is 26.2 Å². The van der Waals surface area contributed by atoms with E-state index in [1.54, 1.807) is 0 Å². The Balaban J connectivity index is 0.000001000. The summed E-state index contributed by atoms with van der Waals surface area (Å²) in [5, 5.41) is 8.83. The van der Waals surface area contributed by atoms with Crippen LogP contribution in [0.25, 0.3) is 0 Å². The Hall–Kier alpha value is 0.210. The van der Waals surface area contributed by atoms with Gasteiger partial charge in [0.25, 0.3) is 0 Å². The molecule has 0 radical (unpaired) electrons. The van der Waals surface area contributed by atoms with Gasteiger partial charge in [-0.2, -0.15) is 0 Å². The number of hydrogen-bond acceptors (Lipinski definition) is 2. The predicted molar refractivity (Wildman–Crippen MR) is 49.2 cm³/mol. The Bertz CT molecular complexity index is 100. The standard InChI is InChI=1S/C8H17NO.ClH/c1-2-4-9-5-3-8(6-9)7-10;/h8,10H,2-7H2,1H3;1H. The van der Waals surface area contributed by atoms with Crippen LogP contribution < -0.4 is 0 Å². The molecule has 0 aliphatic carbocycles. The van der Waals surface area contributed by atoms with Crippen LogP contribution in [0, 0.1) is 5.92 Å². The lowest BCUT2D eigenvalue weighted by atomic mass is 10.1. The predicted octanol–water partition coefficient (Wildman–Crippen LogP) is 1.13. The molecule has 1 aliphatic rings. The second kappa shape index (κ2) is 5.81. The monoisotopic (exact) mass is 179 g/mol. The summed E-state index contributed by atoms with van der Waals surface area (Å²) in [4.78, 5) is 2.43. The second-order valence-electron chi connectivity index (χ2n) is 3.14. The van der Waals surface area contributed by atoms with Crippen molar-refractivity contribution < 1.29 is 5.11 Å². The van der Waals surface area contributed by atoms with Gasteiger partial charge in [0.15, 0.2) is 0 Å². The lowest BCUT2D eigenvalue weighted by Crippen LogP contribution is -2.22. The fourth-order valence-corrected chi connectivity index (χ4v) is 1.58. The van der Waals surface area contributed by atoms with Gasteiger partial charge in [-0.15, -0.1) is 12.4 Å². The van der Waals surface area contributed by atoms with Crippen LogP contribution >= 0.6 is 12.4 Å². The molecule has 1 unspecified atom stereocenters. The zero-order chi connectivity index (χ0) is 7.40. The first-order valence-corrected chi connectivity index (χ1v) is 4.20. The van der Waals surface area contributed by atoms with Crippen LogP contribution in [0.15, 0.2) is 0 Å². The van der Waals surface area contributed by atoms with E-state index in [4.69, 9.17) is 5.11 Å². The van der Waals surface area contributed by atoms with Crippen LogP contribution in [0.1, 0.15) is 19.8 Å². The molecule has 2 nitrogen and oxygen atoms in total. The highest BCUT2D eigenvalue weighted by atomic mass is 35.5. The van der Waals surface area contributed by atoms with E-state index in [0.29, 0.717) is 12.5 Å². The van der Waals surface area contributed by atoms with Crippen molar-refractivity contribution in [1.82, 2.24) is 4.90 Å². The van der Waals surface area contributed by atoms with E-state index in [0.717, 1.165) is 6.54 Å². The van der Waals surface area contributed by atoms with Crippen LogP contribution in [0.3, 0.4) is 0 Å². The van der Waals surface area contributed by atoms with E-state index in [1.165, 1.54) is 25.9 Å². The lowest BCUT2D eigenvalue weighted by molar-refractivity contribution is 0.222. The summed E-state index contributed by atoms with van der Waals surface area (Å²) in [7, 11) is 0. The van der Waals surface area contributed by atoms with Gasteiger partial charge in [-0.05, 0) is 31.8 Å². The highest BCUT2D eigenvalue weighted by Gasteiger charge is 2.20. The van der Waals surface area contributed by atoms with Crippen LogP contribution in [-0.4, -0.2) is 36.2 Å². The highest BCUT2D eigenvalue weighted by molar-refractivity contribution is 5.85. The van der Waals surface area contributed by atoms with Crippen LogP contribution in [0.5, 0.6) is 0 Å². The molecule has 0 aromatic heterocycles. The van der Waals surface area contributed by atoms with Gasteiger partial charge in [-0.3, -0.25) is 0 Å². The van der Waals surface area contributed by atoms with Crippen molar-refractivity contribution in [2.45, 2.75) is 19.8 Å². The van der Waals surface area contributed by atoms with E-state index < -0.39 is 0 Å². The molecule has 0 bridgehead atoms. The van der Waals surface area contributed by atoms with Crippen molar-refractivity contribution >= 4 is 12.4 Å². The van der Waals surface area contributed by atoms with E-state index in [9.17, 15) is 0 Å². The molecule has 1 heterocycles. The molecule has 0 spiro atoms. The number of rotatable bonds is 3. The average Bonchev–Trinajstić information content (AvgIpc) is 2.37. The van der Waals surface area contributed by atoms with Crippen LogP contribution in [0.2, 0.25) is 0 Å². The third-order valence-electron chi connectivity index (χ3n) is 2.17. The summed E-state index contributed by atoms with van der Waals surface area (Å²) in [6.07, 6.45) is 2.43. The first-order valence-electron chi connectivity index (χ1n) is 4.20. The molecule has 1 saturated heterocycles. The topological polar surface area (TPSA) is 23.5 Å². The number of hydrogen-bond donors (Lipinski definition) is 1. The van der Waals surface area contributed by atoms with Crippen molar-refractivity contribution in [2.24, 2.45) is 5.92 Å². The lowest BCUT2D eigenvalue weighted by Gasteiger charge is -2.13.